The van der Waals surface area contributed by atoms with E-state index in [9.17, 15) is 13.2 Å². The van der Waals surface area contributed by atoms with Gasteiger partial charge in [0, 0.05) is 25.7 Å². The molecule has 9 heteroatoms. The Morgan fingerprint density at radius 3 is 2.72 bits per heavy atom. The first kappa shape index (κ1) is 21.4. The summed E-state index contributed by atoms with van der Waals surface area (Å²) in [5, 5.41) is 3.22. The van der Waals surface area contributed by atoms with Gasteiger partial charge in [-0.1, -0.05) is 6.07 Å². The molecule has 2 rings (SSSR count). The third-order valence-corrected chi connectivity index (χ3v) is 5.53. The molecule has 1 atom stereocenters. The molecule has 1 aliphatic heterocycles. The number of rotatable bonds is 6. The Kier molecular flexibility index (Phi) is 7.88. The zero-order valence-electron chi connectivity index (χ0n) is 14.5. The lowest BCUT2D eigenvalue weighted by Crippen LogP contribution is -2.37. The molecular formula is C16H24ClN3O4S. The number of likely N-dealkylation sites (N-methyl/N-ethyl adjacent to an activating group) is 1. The van der Waals surface area contributed by atoms with E-state index in [0.717, 1.165) is 19.5 Å². The fourth-order valence-corrected chi connectivity index (χ4v) is 3.48. The van der Waals surface area contributed by atoms with Gasteiger partial charge in [-0.25, -0.2) is 13.1 Å². The summed E-state index contributed by atoms with van der Waals surface area (Å²) in [5.74, 6) is 0.138. The smallest absolute Gasteiger partial charge is 0.246 e. The number of amides is 1. The maximum absolute atomic E-state index is 12.2. The second-order valence-electron chi connectivity index (χ2n) is 5.55. The number of benzene rings is 1. The van der Waals surface area contributed by atoms with Crippen molar-refractivity contribution in [1.82, 2.24) is 14.9 Å². The molecule has 140 valence electrons. The van der Waals surface area contributed by atoms with Gasteiger partial charge in [0.1, 0.15) is 10.6 Å². The number of hydrogen-bond donors (Lipinski definition) is 2. The van der Waals surface area contributed by atoms with Crippen LogP contribution in [0.4, 0.5) is 0 Å². The Balaban J connectivity index is 0.00000312. The normalized spacial score (nSPS) is 17.3. The maximum atomic E-state index is 12.2. The highest BCUT2D eigenvalue weighted by atomic mass is 35.5. The van der Waals surface area contributed by atoms with Crippen LogP contribution in [0.2, 0.25) is 0 Å². The van der Waals surface area contributed by atoms with E-state index in [2.05, 4.69) is 10.0 Å². The molecule has 1 aromatic carbocycles. The van der Waals surface area contributed by atoms with Gasteiger partial charge in [-0.3, -0.25) is 4.79 Å². The highest BCUT2D eigenvalue weighted by Gasteiger charge is 2.22. The topological polar surface area (TPSA) is 87.7 Å². The van der Waals surface area contributed by atoms with Crippen LogP contribution in [0.3, 0.4) is 0 Å². The summed E-state index contributed by atoms with van der Waals surface area (Å²) in [4.78, 5) is 14.0. The molecule has 1 heterocycles. The number of hydrogen-bond acceptors (Lipinski definition) is 5. The molecule has 0 aliphatic carbocycles. The largest absolute Gasteiger partial charge is 0.495 e. The van der Waals surface area contributed by atoms with Crippen molar-refractivity contribution in [2.75, 3.05) is 34.3 Å². The first-order chi connectivity index (χ1) is 11.4. The zero-order valence-corrected chi connectivity index (χ0v) is 16.1. The Labute approximate surface area is 154 Å². The van der Waals surface area contributed by atoms with E-state index < -0.39 is 10.0 Å². The second-order valence-corrected chi connectivity index (χ2v) is 7.40. The van der Waals surface area contributed by atoms with E-state index in [4.69, 9.17) is 4.74 Å². The minimum Gasteiger partial charge on any atom is -0.495 e. The SMILES string of the molecule is CNS(=O)(=O)c1cc(/C=C/C(=O)N(C)C2CCNC2)ccc1OC.Cl. The van der Waals surface area contributed by atoms with Crippen LogP contribution in [-0.2, 0) is 14.8 Å². The maximum Gasteiger partial charge on any atom is 0.246 e. The number of ether oxygens (including phenoxy) is 1. The van der Waals surface area contributed by atoms with E-state index in [1.807, 2.05) is 0 Å². The van der Waals surface area contributed by atoms with E-state index >= 15 is 0 Å². The van der Waals surface area contributed by atoms with Crippen molar-refractivity contribution in [1.29, 1.82) is 0 Å². The van der Waals surface area contributed by atoms with Crippen LogP contribution < -0.4 is 14.8 Å². The van der Waals surface area contributed by atoms with Gasteiger partial charge in [-0.15, -0.1) is 12.4 Å². The average Bonchev–Trinajstić information content (AvgIpc) is 3.13. The lowest BCUT2D eigenvalue weighted by atomic mass is 10.2. The first-order valence-corrected chi connectivity index (χ1v) is 9.14. The van der Waals surface area contributed by atoms with Gasteiger partial charge in [-0.05, 0) is 43.8 Å². The van der Waals surface area contributed by atoms with Crippen LogP contribution in [0.5, 0.6) is 5.75 Å². The summed E-state index contributed by atoms with van der Waals surface area (Å²) in [7, 11) is 0.878. The number of carbonyl (C=O) groups excluding carboxylic acids is 1. The van der Waals surface area contributed by atoms with Crippen LogP contribution in [0.15, 0.2) is 29.2 Å². The van der Waals surface area contributed by atoms with Gasteiger partial charge >= 0.3 is 0 Å². The van der Waals surface area contributed by atoms with Crippen molar-refractivity contribution >= 4 is 34.4 Å². The minimum atomic E-state index is -3.64. The zero-order chi connectivity index (χ0) is 17.7. The molecule has 25 heavy (non-hydrogen) atoms. The molecule has 2 N–H and O–H groups in total. The molecule has 1 unspecified atom stereocenters. The number of nitrogens with zero attached hydrogens (tertiary/aromatic N) is 1. The van der Waals surface area contributed by atoms with Crippen LogP contribution >= 0.6 is 12.4 Å². The molecular weight excluding hydrogens is 366 g/mol. The van der Waals surface area contributed by atoms with E-state index in [0.29, 0.717) is 5.56 Å². The van der Waals surface area contributed by atoms with Crippen molar-refractivity contribution < 1.29 is 17.9 Å². The van der Waals surface area contributed by atoms with Gasteiger partial charge in [0.25, 0.3) is 0 Å². The summed E-state index contributed by atoms with van der Waals surface area (Å²) in [6.07, 6.45) is 3.99. The van der Waals surface area contributed by atoms with Crippen molar-refractivity contribution in [3.8, 4) is 5.75 Å². The molecule has 0 spiro atoms. The van der Waals surface area contributed by atoms with Crippen molar-refractivity contribution in [3.05, 3.63) is 29.8 Å². The summed E-state index contributed by atoms with van der Waals surface area (Å²) in [5.41, 5.74) is 0.607. The standard InChI is InChI=1S/C16H23N3O4S.ClH/c1-17-24(21,22)15-10-12(4-6-14(15)23-3)5-7-16(20)19(2)13-8-9-18-11-13;/h4-7,10,13,17-18H,8-9,11H2,1-3H3;1H/b7-5+;. The van der Waals surface area contributed by atoms with Gasteiger partial charge in [-0.2, -0.15) is 0 Å². The molecule has 7 nitrogen and oxygen atoms in total. The summed E-state index contributed by atoms with van der Waals surface area (Å²) >= 11 is 0. The predicted molar refractivity (Wildman–Crippen MR) is 99.6 cm³/mol. The Bertz CT molecular complexity index is 731. The number of carbonyl (C=O) groups is 1. The number of methoxy groups -OCH3 is 1. The van der Waals surface area contributed by atoms with E-state index in [1.54, 1.807) is 30.2 Å². The van der Waals surface area contributed by atoms with Crippen molar-refractivity contribution in [3.63, 3.8) is 0 Å². The lowest BCUT2D eigenvalue weighted by Gasteiger charge is -2.22. The Hall–Kier alpha value is -1.61. The highest BCUT2D eigenvalue weighted by molar-refractivity contribution is 7.89. The monoisotopic (exact) mass is 389 g/mol. The summed E-state index contributed by atoms with van der Waals surface area (Å²) < 4.78 is 31.5. The lowest BCUT2D eigenvalue weighted by molar-refractivity contribution is -0.126. The molecule has 0 radical (unpaired) electrons. The van der Waals surface area contributed by atoms with Crippen LogP contribution in [-0.4, -0.2) is 59.6 Å². The molecule has 1 aliphatic rings. The molecule has 0 bridgehead atoms. The fourth-order valence-electron chi connectivity index (χ4n) is 2.55. The van der Waals surface area contributed by atoms with Crippen LogP contribution in [0.1, 0.15) is 12.0 Å². The van der Waals surface area contributed by atoms with Crippen LogP contribution in [0.25, 0.3) is 6.08 Å². The average molecular weight is 390 g/mol. The molecule has 0 saturated carbocycles. The Morgan fingerprint density at radius 2 is 2.16 bits per heavy atom. The number of sulfonamides is 1. The Morgan fingerprint density at radius 1 is 1.44 bits per heavy atom. The van der Waals surface area contributed by atoms with Gasteiger partial charge in [0.15, 0.2) is 0 Å². The van der Waals surface area contributed by atoms with E-state index in [1.165, 1.54) is 26.3 Å². The third kappa shape index (κ3) is 5.18. The summed E-state index contributed by atoms with van der Waals surface area (Å²) in [6.45, 7) is 1.71. The van der Waals surface area contributed by atoms with Gasteiger partial charge in [0.05, 0.1) is 7.11 Å². The summed E-state index contributed by atoms with van der Waals surface area (Å²) in [6, 6.07) is 4.94. The fraction of sp³-hybridized carbons (Fsp3) is 0.438. The molecule has 1 aromatic rings. The van der Waals surface area contributed by atoms with E-state index in [-0.39, 0.29) is 35.0 Å². The third-order valence-electron chi connectivity index (χ3n) is 4.09. The molecule has 1 amide bonds. The van der Waals surface area contributed by atoms with Crippen LogP contribution in [0, 0.1) is 0 Å². The number of nitrogens with one attached hydrogen (secondary N) is 2. The molecule has 1 saturated heterocycles. The molecule has 1 fully saturated rings. The quantitative estimate of drug-likeness (QED) is 0.704. The highest BCUT2D eigenvalue weighted by Crippen LogP contribution is 2.25. The van der Waals surface area contributed by atoms with Crippen molar-refractivity contribution in [2.45, 2.75) is 17.4 Å². The van der Waals surface area contributed by atoms with Gasteiger partial charge in [0.2, 0.25) is 15.9 Å². The second kappa shape index (κ2) is 9.19. The molecule has 0 aromatic heterocycles. The number of halogens is 1. The van der Waals surface area contributed by atoms with Gasteiger partial charge < -0.3 is 15.0 Å². The van der Waals surface area contributed by atoms with Crippen molar-refractivity contribution in [2.24, 2.45) is 0 Å². The minimum absolute atomic E-state index is 0. The predicted octanol–water partition coefficient (Wildman–Crippen LogP) is 0.859. The first-order valence-electron chi connectivity index (χ1n) is 7.66.